The summed E-state index contributed by atoms with van der Waals surface area (Å²) in [6.07, 6.45) is 2.15. The lowest BCUT2D eigenvalue weighted by Gasteiger charge is -2.23. The molecule has 156 valence electrons. The van der Waals surface area contributed by atoms with Crippen molar-refractivity contribution in [2.24, 2.45) is 0 Å². The number of carbonyl (C=O) groups excluding carboxylic acids is 1. The molecule has 1 aromatic heterocycles. The Morgan fingerprint density at radius 2 is 1.97 bits per heavy atom. The monoisotopic (exact) mass is 437 g/mol. The second-order valence-electron chi connectivity index (χ2n) is 6.78. The molecule has 0 amide bonds. The average molecular weight is 438 g/mol. The summed E-state index contributed by atoms with van der Waals surface area (Å²) < 4.78 is 32.7. The molecule has 9 heteroatoms. The van der Waals surface area contributed by atoms with Crippen LogP contribution < -0.4 is 4.90 Å². The first-order valence-corrected chi connectivity index (χ1v) is 11.3. The van der Waals surface area contributed by atoms with Crippen molar-refractivity contribution in [3.05, 3.63) is 52.7 Å². The van der Waals surface area contributed by atoms with Gasteiger partial charge in [0.15, 0.2) is 0 Å². The molecule has 1 saturated heterocycles. The van der Waals surface area contributed by atoms with Crippen LogP contribution in [0.25, 0.3) is 0 Å². The van der Waals surface area contributed by atoms with Gasteiger partial charge in [-0.1, -0.05) is 17.7 Å². The van der Waals surface area contributed by atoms with Gasteiger partial charge in [-0.3, -0.25) is 0 Å². The van der Waals surface area contributed by atoms with Crippen molar-refractivity contribution in [2.45, 2.75) is 25.2 Å². The van der Waals surface area contributed by atoms with E-state index < -0.39 is 16.0 Å². The number of nitrogens with zero attached hydrogens (tertiary/aromatic N) is 3. The predicted molar refractivity (Wildman–Crippen MR) is 112 cm³/mol. The van der Waals surface area contributed by atoms with Gasteiger partial charge in [0.25, 0.3) is 0 Å². The molecule has 0 N–H and O–H groups in total. The molecular formula is C20H24ClN3O4S. The van der Waals surface area contributed by atoms with Crippen LogP contribution in [0.5, 0.6) is 0 Å². The van der Waals surface area contributed by atoms with E-state index in [0.29, 0.717) is 61.2 Å². The molecule has 1 aliphatic rings. The fourth-order valence-electron chi connectivity index (χ4n) is 3.26. The van der Waals surface area contributed by atoms with Crippen LogP contribution in [-0.4, -0.2) is 56.5 Å². The zero-order chi connectivity index (χ0) is 21.0. The molecule has 0 saturated carbocycles. The van der Waals surface area contributed by atoms with E-state index in [9.17, 15) is 13.2 Å². The highest BCUT2D eigenvalue weighted by Gasteiger charge is 2.28. The van der Waals surface area contributed by atoms with Crippen molar-refractivity contribution in [2.75, 3.05) is 37.7 Å². The summed E-state index contributed by atoms with van der Waals surface area (Å²) in [7, 11) is -3.63. The summed E-state index contributed by atoms with van der Waals surface area (Å²) >= 11 is 6.02. The molecular weight excluding hydrogens is 414 g/mol. The van der Waals surface area contributed by atoms with Crippen molar-refractivity contribution in [3.8, 4) is 0 Å². The summed E-state index contributed by atoms with van der Waals surface area (Å²) in [5.74, 6) is 0.299. The van der Waals surface area contributed by atoms with E-state index in [1.54, 1.807) is 38.1 Å². The van der Waals surface area contributed by atoms with Gasteiger partial charge in [-0.25, -0.2) is 18.2 Å². The fourth-order valence-corrected chi connectivity index (χ4v) is 5.22. The van der Waals surface area contributed by atoms with Crippen molar-refractivity contribution in [3.63, 3.8) is 0 Å². The van der Waals surface area contributed by atoms with Gasteiger partial charge in [0.05, 0.1) is 17.1 Å². The number of hydrogen-bond donors (Lipinski definition) is 0. The average Bonchev–Trinajstić information content (AvgIpc) is 2.97. The fraction of sp³-hybridized carbons (Fsp3) is 0.400. The van der Waals surface area contributed by atoms with E-state index in [2.05, 4.69) is 4.98 Å². The standard InChI is InChI=1S/C20H24ClN3O4S/c1-3-28-20(25)16-6-8-19(22-14-16)23-9-4-10-24(12-11-23)29(26,27)18-13-17(21)7-5-15(18)2/h5-8,13-14H,3-4,9-12H2,1-2H3. The van der Waals surface area contributed by atoms with E-state index in [1.807, 2.05) is 4.90 Å². The second-order valence-corrected chi connectivity index (χ2v) is 9.12. The molecule has 1 aromatic carbocycles. The number of sulfonamides is 1. The first kappa shape index (κ1) is 21.5. The number of rotatable bonds is 5. The van der Waals surface area contributed by atoms with E-state index in [1.165, 1.54) is 16.6 Å². The third-order valence-electron chi connectivity index (χ3n) is 4.81. The van der Waals surface area contributed by atoms with E-state index in [0.717, 1.165) is 0 Å². The Morgan fingerprint density at radius 1 is 1.17 bits per heavy atom. The van der Waals surface area contributed by atoms with Crippen LogP contribution in [0, 0.1) is 6.92 Å². The smallest absolute Gasteiger partial charge is 0.339 e. The number of carbonyl (C=O) groups is 1. The largest absolute Gasteiger partial charge is 0.462 e. The SMILES string of the molecule is CCOC(=O)c1ccc(N2CCCN(S(=O)(=O)c3cc(Cl)ccc3C)CC2)nc1. The minimum atomic E-state index is -3.63. The maximum Gasteiger partial charge on any atom is 0.339 e. The van der Waals surface area contributed by atoms with Crippen LogP contribution in [-0.2, 0) is 14.8 Å². The number of esters is 1. The van der Waals surface area contributed by atoms with Crippen molar-refractivity contribution < 1.29 is 17.9 Å². The van der Waals surface area contributed by atoms with Gasteiger partial charge in [0.2, 0.25) is 10.0 Å². The van der Waals surface area contributed by atoms with E-state index >= 15 is 0 Å². The maximum absolute atomic E-state index is 13.1. The Hall–Kier alpha value is -2.16. The summed E-state index contributed by atoms with van der Waals surface area (Å²) in [5.41, 5.74) is 1.07. The number of ether oxygens (including phenoxy) is 1. The summed E-state index contributed by atoms with van der Waals surface area (Å²) in [6, 6.07) is 8.34. The minimum absolute atomic E-state index is 0.246. The number of benzene rings is 1. The molecule has 0 spiro atoms. The lowest BCUT2D eigenvalue weighted by Crippen LogP contribution is -2.35. The zero-order valence-electron chi connectivity index (χ0n) is 16.5. The normalized spacial score (nSPS) is 15.8. The summed E-state index contributed by atoms with van der Waals surface area (Å²) in [6.45, 7) is 5.77. The second kappa shape index (κ2) is 9.11. The topological polar surface area (TPSA) is 79.8 Å². The Labute approximate surface area is 176 Å². The minimum Gasteiger partial charge on any atom is -0.462 e. The van der Waals surface area contributed by atoms with Gasteiger partial charge < -0.3 is 9.64 Å². The quantitative estimate of drug-likeness (QED) is 0.668. The first-order chi connectivity index (χ1) is 13.8. The number of aromatic nitrogens is 1. The molecule has 2 aromatic rings. The maximum atomic E-state index is 13.1. The number of anilines is 1. The number of halogens is 1. The molecule has 1 fully saturated rings. The van der Waals surface area contributed by atoms with E-state index in [-0.39, 0.29) is 4.90 Å². The van der Waals surface area contributed by atoms with Crippen LogP contribution in [0.1, 0.15) is 29.3 Å². The lowest BCUT2D eigenvalue weighted by molar-refractivity contribution is 0.0526. The molecule has 3 rings (SSSR count). The molecule has 0 aliphatic carbocycles. The van der Waals surface area contributed by atoms with Crippen molar-refractivity contribution in [1.82, 2.24) is 9.29 Å². The third-order valence-corrected chi connectivity index (χ3v) is 7.08. The van der Waals surface area contributed by atoms with Gasteiger partial charge in [0.1, 0.15) is 5.82 Å². The first-order valence-electron chi connectivity index (χ1n) is 9.47. The highest BCUT2D eigenvalue weighted by Crippen LogP contribution is 2.25. The molecule has 2 heterocycles. The summed E-state index contributed by atoms with van der Waals surface area (Å²) in [4.78, 5) is 18.4. The molecule has 0 radical (unpaired) electrons. The lowest BCUT2D eigenvalue weighted by atomic mass is 10.2. The zero-order valence-corrected chi connectivity index (χ0v) is 18.0. The van der Waals surface area contributed by atoms with Crippen LogP contribution in [0.2, 0.25) is 5.02 Å². The van der Waals surface area contributed by atoms with Crippen molar-refractivity contribution in [1.29, 1.82) is 0 Å². The predicted octanol–water partition coefficient (Wildman–Crippen LogP) is 3.12. The van der Waals surface area contributed by atoms with Crippen LogP contribution in [0.3, 0.4) is 0 Å². The van der Waals surface area contributed by atoms with Gasteiger partial charge in [-0.05, 0) is 50.1 Å². The highest BCUT2D eigenvalue weighted by molar-refractivity contribution is 7.89. The third kappa shape index (κ3) is 4.88. The number of aryl methyl sites for hydroxylation is 1. The Balaban J connectivity index is 1.73. The van der Waals surface area contributed by atoms with Crippen molar-refractivity contribution >= 4 is 33.4 Å². The Kier molecular flexibility index (Phi) is 6.77. The van der Waals surface area contributed by atoms with Gasteiger partial charge in [-0.2, -0.15) is 4.31 Å². The van der Waals surface area contributed by atoms with Crippen LogP contribution in [0.15, 0.2) is 41.4 Å². The van der Waals surface area contributed by atoms with E-state index in [4.69, 9.17) is 16.3 Å². The number of hydrogen-bond acceptors (Lipinski definition) is 6. The van der Waals surface area contributed by atoms with Gasteiger partial charge in [0, 0.05) is 37.4 Å². The molecule has 0 atom stereocenters. The summed E-state index contributed by atoms with van der Waals surface area (Å²) in [5, 5.41) is 0.400. The Morgan fingerprint density at radius 3 is 2.66 bits per heavy atom. The molecule has 7 nitrogen and oxygen atoms in total. The molecule has 0 bridgehead atoms. The molecule has 0 unspecified atom stereocenters. The van der Waals surface area contributed by atoms with Gasteiger partial charge in [-0.15, -0.1) is 0 Å². The van der Waals surface area contributed by atoms with Crippen LogP contribution in [0.4, 0.5) is 5.82 Å². The molecule has 29 heavy (non-hydrogen) atoms. The highest BCUT2D eigenvalue weighted by atomic mass is 35.5. The number of pyridine rings is 1. The van der Waals surface area contributed by atoms with Crippen LogP contribution >= 0.6 is 11.6 Å². The van der Waals surface area contributed by atoms with Gasteiger partial charge >= 0.3 is 5.97 Å². The molecule has 1 aliphatic heterocycles. The Bertz CT molecular complexity index is 980.